The molecule has 0 radical (unpaired) electrons. The Balaban J connectivity index is 3.39. The smallest absolute Gasteiger partial charge is 0.284 e. The van der Waals surface area contributed by atoms with Crippen molar-refractivity contribution in [2.45, 2.75) is 5.38 Å². The molecule has 0 aliphatic carbocycles. The second-order valence-corrected chi connectivity index (χ2v) is 2.32. The van der Waals surface area contributed by atoms with Gasteiger partial charge in [0.2, 0.25) is 0 Å². The minimum Gasteiger partial charge on any atom is -0.284 e. The molecule has 0 saturated carbocycles. The molecular weight excluding hydrogens is 178 g/mol. The van der Waals surface area contributed by atoms with Crippen molar-refractivity contribution in [1.29, 1.82) is 0 Å². The Hall–Kier alpha value is 0.220. The van der Waals surface area contributed by atoms with Crippen LogP contribution in [0.5, 0.6) is 0 Å². The fraction of sp³-hybridized carbons (Fsp3) is 1.00. The van der Waals surface area contributed by atoms with Gasteiger partial charge in [-0.05, 0) is 11.6 Å². The minimum absolute atomic E-state index is 1.27. The Labute approximate surface area is 57.4 Å². The molecule has 0 amide bonds. The molecule has 0 fully saturated rings. The van der Waals surface area contributed by atoms with E-state index in [1.54, 1.807) is 0 Å². The predicted molar refractivity (Wildman–Crippen MR) is 27.5 cm³/mol. The second kappa shape index (κ2) is 3.40. The van der Waals surface area contributed by atoms with Crippen molar-refractivity contribution >= 4 is 23.0 Å². The summed E-state index contributed by atoms with van der Waals surface area (Å²) in [5.41, 5.74) is 0. The van der Waals surface area contributed by atoms with E-state index in [0.29, 0.717) is 0 Å². The van der Waals surface area contributed by atoms with E-state index in [1.165, 1.54) is 0 Å². The topological polar surface area (TPSA) is 46.5 Å². The number of alkyl halides is 3. The lowest BCUT2D eigenvalue weighted by atomic mass is 10.8. The maximum absolute atomic E-state index is 11.5. The summed E-state index contributed by atoms with van der Waals surface area (Å²) >= 11 is 1.60. The number of hydrogen-bond acceptors (Lipinski definition) is 2. The molecule has 3 nitrogen and oxygen atoms in total. The molecule has 1 unspecified atom stereocenters. The van der Waals surface area contributed by atoms with Crippen LogP contribution in [-0.2, 0) is 15.5 Å². The van der Waals surface area contributed by atoms with Gasteiger partial charge < -0.3 is 0 Å². The molecule has 9 heavy (non-hydrogen) atoms. The molecule has 0 aliphatic rings. The van der Waals surface area contributed by atoms with E-state index < -0.39 is 23.3 Å². The summed E-state index contributed by atoms with van der Waals surface area (Å²) in [6.07, 6.45) is 0. The van der Waals surface area contributed by atoms with E-state index in [-0.39, 0.29) is 0 Å². The molecule has 7 heteroatoms. The van der Waals surface area contributed by atoms with Crippen LogP contribution in [0.4, 0.5) is 8.78 Å². The molecule has 1 atom stereocenters. The van der Waals surface area contributed by atoms with Crippen molar-refractivity contribution in [3.05, 3.63) is 0 Å². The van der Waals surface area contributed by atoms with Crippen molar-refractivity contribution in [2.24, 2.45) is 0 Å². The minimum atomic E-state index is -3.57. The van der Waals surface area contributed by atoms with Gasteiger partial charge in [-0.15, -0.1) is 0 Å². The van der Waals surface area contributed by atoms with Crippen LogP contribution in [0, 0.1) is 0 Å². The van der Waals surface area contributed by atoms with Gasteiger partial charge in [0, 0.05) is 0 Å². The lowest BCUT2D eigenvalue weighted by Gasteiger charge is -2.03. The van der Waals surface area contributed by atoms with E-state index in [0.717, 1.165) is 0 Å². The lowest BCUT2D eigenvalue weighted by Crippen LogP contribution is -2.16. The number of rotatable bonds is 3. The largest absolute Gasteiger partial charge is 0.346 e. The third kappa shape index (κ3) is 8.22. The van der Waals surface area contributed by atoms with Crippen LogP contribution in [0.1, 0.15) is 0 Å². The molecule has 0 heterocycles. The fourth-order valence-corrected chi connectivity index (χ4v) is 0.485. The SMILES string of the molecule is O=S(O)OCC(F)(F)Cl. The van der Waals surface area contributed by atoms with Gasteiger partial charge >= 0.3 is 16.7 Å². The van der Waals surface area contributed by atoms with Gasteiger partial charge in [0.05, 0.1) is 0 Å². The van der Waals surface area contributed by atoms with Gasteiger partial charge in [-0.1, -0.05) is 0 Å². The highest BCUT2D eigenvalue weighted by Crippen LogP contribution is 2.18. The van der Waals surface area contributed by atoms with Crippen molar-refractivity contribution in [2.75, 3.05) is 6.61 Å². The van der Waals surface area contributed by atoms with Gasteiger partial charge in [0.15, 0.2) is 0 Å². The van der Waals surface area contributed by atoms with Crippen LogP contribution >= 0.6 is 11.6 Å². The van der Waals surface area contributed by atoms with Crippen LogP contribution in [0.15, 0.2) is 0 Å². The maximum Gasteiger partial charge on any atom is 0.346 e. The quantitative estimate of drug-likeness (QED) is 0.520. The molecule has 0 aromatic rings. The Morgan fingerprint density at radius 2 is 2.22 bits per heavy atom. The van der Waals surface area contributed by atoms with Crippen molar-refractivity contribution < 1.29 is 21.7 Å². The fourth-order valence-electron chi connectivity index (χ4n) is 0.117. The summed E-state index contributed by atoms with van der Waals surface area (Å²) in [7, 11) is 0. The summed E-state index contributed by atoms with van der Waals surface area (Å²) < 4.78 is 43.8. The average molecular weight is 181 g/mol. The molecule has 1 N–H and O–H groups in total. The van der Waals surface area contributed by atoms with Gasteiger partial charge in [-0.2, -0.15) is 13.0 Å². The van der Waals surface area contributed by atoms with Crippen molar-refractivity contribution in [3.63, 3.8) is 0 Å². The molecular formula is C2H3ClF2O3S. The predicted octanol–water partition coefficient (Wildman–Crippen LogP) is 0.971. The standard InChI is InChI=1S/C2H3ClF2O3S/c3-2(4,5)1-8-9(6)7/h1H2,(H,6,7). The van der Waals surface area contributed by atoms with Crippen LogP contribution in [0.3, 0.4) is 0 Å². The number of hydrogen-bond donors (Lipinski definition) is 1. The highest BCUT2D eigenvalue weighted by molar-refractivity contribution is 7.74. The van der Waals surface area contributed by atoms with E-state index in [4.69, 9.17) is 4.55 Å². The molecule has 0 spiro atoms. The maximum atomic E-state index is 11.5. The Morgan fingerprint density at radius 3 is 2.33 bits per heavy atom. The van der Waals surface area contributed by atoms with Gasteiger partial charge in [0.25, 0.3) is 0 Å². The van der Waals surface area contributed by atoms with E-state index in [2.05, 4.69) is 15.8 Å². The first kappa shape index (κ1) is 9.22. The zero-order valence-electron chi connectivity index (χ0n) is 4.01. The third-order valence-corrected chi connectivity index (χ3v) is 0.752. The van der Waals surface area contributed by atoms with Crippen LogP contribution in [0.2, 0.25) is 0 Å². The first-order chi connectivity index (χ1) is 3.92. The third-order valence-electron chi connectivity index (χ3n) is 0.323. The summed E-state index contributed by atoms with van der Waals surface area (Å²) in [4.78, 5) is 0. The van der Waals surface area contributed by atoms with Crippen LogP contribution < -0.4 is 0 Å². The first-order valence-electron chi connectivity index (χ1n) is 1.73. The zero-order chi connectivity index (χ0) is 7.49. The van der Waals surface area contributed by atoms with Gasteiger partial charge in [-0.25, -0.2) is 0 Å². The normalized spacial score (nSPS) is 15.6. The monoisotopic (exact) mass is 180 g/mol. The summed E-state index contributed by atoms with van der Waals surface area (Å²) in [5, 5.41) is -3.57. The summed E-state index contributed by atoms with van der Waals surface area (Å²) in [6.45, 7) is -1.27. The van der Waals surface area contributed by atoms with Crippen molar-refractivity contribution in [3.8, 4) is 0 Å². The highest BCUT2D eigenvalue weighted by atomic mass is 35.5. The van der Waals surface area contributed by atoms with E-state index in [9.17, 15) is 13.0 Å². The molecule has 56 valence electrons. The number of halogens is 3. The van der Waals surface area contributed by atoms with E-state index in [1.807, 2.05) is 0 Å². The van der Waals surface area contributed by atoms with Crippen LogP contribution in [-0.4, -0.2) is 20.8 Å². The van der Waals surface area contributed by atoms with Crippen LogP contribution in [0.25, 0.3) is 0 Å². The Bertz CT molecular complexity index is 113. The average Bonchev–Trinajstić information content (AvgIpc) is 1.59. The molecule has 0 saturated heterocycles. The zero-order valence-corrected chi connectivity index (χ0v) is 5.59. The lowest BCUT2D eigenvalue weighted by molar-refractivity contribution is 0.0410. The van der Waals surface area contributed by atoms with E-state index >= 15 is 0 Å². The highest BCUT2D eigenvalue weighted by Gasteiger charge is 2.25. The summed E-state index contributed by atoms with van der Waals surface area (Å²) in [5.74, 6) is 0. The molecule has 0 bridgehead atoms. The molecule has 0 rings (SSSR count). The first-order valence-corrected chi connectivity index (χ1v) is 3.13. The van der Waals surface area contributed by atoms with Crippen molar-refractivity contribution in [1.82, 2.24) is 0 Å². The Kier molecular flexibility index (Phi) is 3.49. The van der Waals surface area contributed by atoms with Gasteiger partial charge in [0.1, 0.15) is 6.61 Å². The second-order valence-electron chi connectivity index (χ2n) is 1.09. The van der Waals surface area contributed by atoms with Gasteiger partial charge in [-0.3, -0.25) is 8.74 Å². The molecule has 0 aromatic heterocycles. The Morgan fingerprint density at radius 1 is 1.78 bits per heavy atom. The summed E-state index contributed by atoms with van der Waals surface area (Å²) in [6, 6.07) is 0. The molecule has 0 aromatic carbocycles. The molecule has 0 aliphatic heterocycles.